The molecule has 2 aromatic rings. The van der Waals surface area contributed by atoms with Crippen molar-refractivity contribution in [2.75, 3.05) is 6.54 Å². The Kier molecular flexibility index (Phi) is 3.66. The lowest BCUT2D eigenvalue weighted by Gasteiger charge is -2.12. The van der Waals surface area contributed by atoms with Gasteiger partial charge in [0.25, 0.3) is 0 Å². The molecule has 4 nitrogen and oxygen atoms in total. The molecule has 0 aliphatic carbocycles. The monoisotopic (exact) mass is 216 g/mol. The van der Waals surface area contributed by atoms with Crippen LogP contribution in [0, 0.1) is 0 Å². The molecule has 0 saturated heterocycles. The van der Waals surface area contributed by atoms with Crippen LogP contribution in [0.3, 0.4) is 0 Å². The molecule has 0 aliphatic rings. The summed E-state index contributed by atoms with van der Waals surface area (Å²) in [4.78, 5) is 11.2. The Morgan fingerprint density at radius 3 is 3.00 bits per heavy atom. The Bertz CT molecular complexity index is 396. The van der Waals surface area contributed by atoms with Crippen molar-refractivity contribution in [3.05, 3.63) is 48.3 Å². The van der Waals surface area contributed by atoms with Crippen molar-refractivity contribution in [2.45, 2.75) is 19.4 Å². The first kappa shape index (κ1) is 10.8. The molecule has 4 heteroatoms. The molecule has 0 bridgehead atoms. The SMILES string of the molecule is CC(NCCc1cnc[nH]1)c1cccnc1. The molecule has 2 heterocycles. The first-order chi connectivity index (χ1) is 7.86. The quantitative estimate of drug-likeness (QED) is 0.799. The van der Waals surface area contributed by atoms with Crippen LogP contribution in [0.4, 0.5) is 0 Å². The third-order valence-corrected chi connectivity index (χ3v) is 2.58. The van der Waals surface area contributed by atoms with Crippen molar-refractivity contribution in [3.8, 4) is 0 Å². The van der Waals surface area contributed by atoms with Gasteiger partial charge in [-0.3, -0.25) is 4.98 Å². The first-order valence-electron chi connectivity index (χ1n) is 5.47. The lowest BCUT2D eigenvalue weighted by atomic mass is 10.1. The second kappa shape index (κ2) is 5.42. The normalized spacial score (nSPS) is 12.6. The zero-order valence-corrected chi connectivity index (χ0v) is 9.35. The summed E-state index contributed by atoms with van der Waals surface area (Å²) < 4.78 is 0. The number of pyridine rings is 1. The van der Waals surface area contributed by atoms with Gasteiger partial charge >= 0.3 is 0 Å². The van der Waals surface area contributed by atoms with Crippen molar-refractivity contribution in [2.24, 2.45) is 0 Å². The summed E-state index contributed by atoms with van der Waals surface area (Å²) in [6.45, 7) is 3.07. The van der Waals surface area contributed by atoms with Gasteiger partial charge < -0.3 is 10.3 Å². The number of rotatable bonds is 5. The van der Waals surface area contributed by atoms with Gasteiger partial charge in [-0.2, -0.15) is 0 Å². The lowest BCUT2D eigenvalue weighted by molar-refractivity contribution is 0.573. The van der Waals surface area contributed by atoms with Crippen LogP contribution in [-0.4, -0.2) is 21.5 Å². The Morgan fingerprint density at radius 2 is 2.31 bits per heavy atom. The molecule has 0 aromatic carbocycles. The minimum absolute atomic E-state index is 0.330. The van der Waals surface area contributed by atoms with Gasteiger partial charge in [-0.25, -0.2) is 4.98 Å². The summed E-state index contributed by atoms with van der Waals surface area (Å²) in [5.74, 6) is 0. The minimum Gasteiger partial charge on any atom is -0.348 e. The Morgan fingerprint density at radius 1 is 1.38 bits per heavy atom. The van der Waals surface area contributed by atoms with Gasteiger partial charge in [-0.15, -0.1) is 0 Å². The van der Waals surface area contributed by atoms with Crippen LogP contribution < -0.4 is 5.32 Å². The van der Waals surface area contributed by atoms with E-state index in [1.165, 1.54) is 5.56 Å². The smallest absolute Gasteiger partial charge is 0.0921 e. The van der Waals surface area contributed by atoms with Crippen LogP contribution in [-0.2, 0) is 6.42 Å². The molecule has 0 saturated carbocycles. The molecule has 1 unspecified atom stereocenters. The summed E-state index contributed by atoms with van der Waals surface area (Å²) in [6.07, 6.45) is 8.22. The van der Waals surface area contributed by atoms with E-state index in [4.69, 9.17) is 0 Å². The molecule has 0 spiro atoms. The number of aromatic amines is 1. The molecule has 2 aromatic heterocycles. The van der Waals surface area contributed by atoms with E-state index in [2.05, 4.69) is 33.3 Å². The topological polar surface area (TPSA) is 53.6 Å². The zero-order valence-electron chi connectivity index (χ0n) is 9.35. The average Bonchev–Trinajstić information content (AvgIpc) is 2.83. The highest BCUT2D eigenvalue weighted by Crippen LogP contribution is 2.09. The molecule has 0 amide bonds. The number of aromatic nitrogens is 3. The van der Waals surface area contributed by atoms with E-state index in [-0.39, 0.29) is 0 Å². The molecule has 0 fully saturated rings. The second-order valence-electron chi connectivity index (χ2n) is 3.79. The molecule has 16 heavy (non-hydrogen) atoms. The van der Waals surface area contributed by atoms with Gasteiger partial charge in [0.15, 0.2) is 0 Å². The van der Waals surface area contributed by atoms with Gasteiger partial charge in [-0.1, -0.05) is 6.07 Å². The van der Waals surface area contributed by atoms with E-state index in [0.29, 0.717) is 6.04 Å². The Balaban J connectivity index is 1.78. The van der Waals surface area contributed by atoms with Crippen LogP contribution in [0.15, 0.2) is 37.1 Å². The number of nitrogens with one attached hydrogen (secondary N) is 2. The number of imidazole rings is 1. The third kappa shape index (κ3) is 2.90. The Labute approximate surface area is 95.1 Å². The zero-order chi connectivity index (χ0) is 11.2. The first-order valence-corrected chi connectivity index (χ1v) is 5.47. The molecular formula is C12H16N4. The summed E-state index contributed by atoms with van der Waals surface area (Å²) in [7, 11) is 0. The van der Waals surface area contributed by atoms with Crippen LogP contribution >= 0.6 is 0 Å². The lowest BCUT2D eigenvalue weighted by Crippen LogP contribution is -2.21. The van der Waals surface area contributed by atoms with Crippen molar-refractivity contribution < 1.29 is 0 Å². The highest BCUT2D eigenvalue weighted by Gasteiger charge is 2.03. The molecular weight excluding hydrogens is 200 g/mol. The maximum atomic E-state index is 4.11. The van der Waals surface area contributed by atoms with Crippen LogP contribution in [0.1, 0.15) is 24.2 Å². The number of hydrogen-bond acceptors (Lipinski definition) is 3. The number of H-pyrrole nitrogens is 1. The van der Waals surface area contributed by atoms with Crippen LogP contribution in [0.25, 0.3) is 0 Å². The number of nitrogens with zero attached hydrogens (tertiary/aromatic N) is 2. The largest absolute Gasteiger partial charge is 0.348 e. The minimum atomic E-state index is 0.330. The van der Waals surface area contributed by atoms with E-state index in [0.717, 1.165) is 18.7 Å². The molecule has 84 valence electrons. The third-order valence-electron chi connectivity index (χ3n) is 2.58. The predicted molar refractivity (Wildman–Crippen MR) is 62.9 cm³/mol. The van der Waals surface area contributed by atoms with Gasteiger partial charge in [0.2, 0.25) is 0 Å². The van der Waals surface area contributed by atoms with Crippen LogP contribution in [0.5, 0.6) is 0 Å². The summed E-state index contributed by atoms with van der Waals surface area (Å²) in [5, 5.41) is 3.45. The Hall–Kier alpha value is -1.68. The highest BCUT2D eigenvalue weighted by atomic mass is 14.9. The van der Waals surface area contributed by atoms with Crippen molar-refractivity contribution in [1.29, 1.82) is 0 Å². The van der Waals surface area contributed by atoms with Gasteiger partial charge in [0, 0.05) is 43.3 Å². The van der Waals surface area contributed by atoms with E-state index >= 15 is 0 Å². The molecule has 2 N–H and O–H groups in total. The fraction of sp³-hybridized carbons (Fsp3) is 0.333. The van der Waals surface area contributed by atoms with Crippen LogP contribution in [0.2, 0.25) is 0 Å². The summed E-state index contributed by atoms with van der Waals surface area (Å²) in [6, 6.07) is 4.38. The van der Waals surface area contributed by atoms with E-state index < -0.39 is 0 Å². The highest BCUT2D eigenvalue weighted by molar-refractivity contribution is 5.12. The second-order valence-corrected chi connectivity index (χ2v) is 3.79. The standard InChI is InChI=1S/C12H16N4/c1-10(11-3-2-5-13-7-11)15-6-4-12-8-14-9-16-12/h2-3,5,7-10,15H,4,6H2,1H3,(H,14,16). The van der Waals surface area contributed by atoms with Gasteiger partial charge in [0.1, 0.15) is 0 Å². The van der Waals surface area contributed by atoms with E-state index in [9.17, 15) is 0 Å². The van der Waals surface area contributed by atoms with Crippen molar-refractivity contribution in [1.82, 2.24) is 20.3 Å². The molecule has 2 rings (SSSR count). The summed E-state index contributed by atoms with van der Waals surface area (Å²) >= 11 is 0. The van der Waals surface area contributed by atoms with Crippen molar-refractivity contribution in [3.63, 3.8) is 0 Å². The fourth-order valence-electron chi connectivity index (χ4n) is 1.59. The molecule has 0 radical (unpaired) electrons. The van der Waals surface area contributed by atoms with E-state index in [1.807, 2.05) is 18.5 Å². The maximum Gasteiger partial charge on any atom is 0.0921 e. The van der Waals surface area contributed by atoms with E-state index in [1.54, 1.807) is 12.5 Å². The molecule has 1 atom stereocenters. The maximum absolute atomic E-state index is 4.11. The predicted octanol–water partition coefficient (Wildman–Crippen LogP) is 1.70. The van der Waals surface area contributed by atoms with Gasteiger partial charge in [-0.05, 0) is 18.6 Å². The van der Waals surface area contributed by atoms with Gasteiger partial charge in [0.05, 0.1) is 6.33 Å². The fourth-order valence-corrected chi connectivity index (χ4v) is 1.59. The number of hydrogen-bond donors (Lipinski definition) is 2. The summed E-state index contributed by atoms with van der Waals surface area (Å²) in [5.41, 5.74) is 2.37. The van der Waals surface area contributed by atoms with Crippen molar-refractivity contribution >= 4 is 0 Å². The average molecular weight is 216 g/mol. The molecule has 0 aliphatic heterocycles.